The average molecular weight is 437 g/mol. The van der Waals surface area contributed by atoms with Crippen LogP contribution in [0.15, 0.2) is 100 Å². The molecular weight excluding hydrogens is 420 g/mol. The third kappa shape index (κ3) is 2.46. The van der Waals surface area contributed by atoms with E-state index in [2.05, 4.69) is 95.3 Å². The minimum Gasteiger partial charge on any atom is -0.456 e. The van der Waals surface area contributed by atoms with E-state index in [4.69, 9.17) is 4.42 Å². The lowest BCUT2D eigenvalue weighted by Gasteiger charge is -2.30. The van der Waals surface area contributed by atoms with Crippen LogP contribution in [-0.4, -0.2) is 0 Å². The molecule has 1 aliphatic rings. The molecular formula is C27H17BrO. The fraction of sp³-hybridized carbons (Fsp3) is 0.0370. The Labute approximate surface area is 177 Å². The predicted octanol–water partition coefficient (Wildman–Crippen LogP) is 8.17. The van der Waals surface area contributed by atoms with Gasteiger partial charge < -0.3 is 4.42 Å². The molecule has 0 radical (unpaired) electrons. The number of para-hydroxylation sites is 1. The van der Waals surface area contributed by atoms with Gasteiger partial charge in [0, 0.05) is 21.2 Å². The smallest absolute Gasteiger partial charge is 0.135 e. The molecule has 1 nitrogen and oxygen atoms in total. The van der Waals surface area contributed by atoms with Crippen LogP contribution in [0, 0.1) is 0 Å². The third-order valence-electron chi connectivity index (χ3n) is 5.97. The van der Waals surface area contributed by atoms with Crippen molar-refractivity contribution in [2.75, 3.05) is 0 Å². The van der Waals surface area contributed by atoms with E-state index in [1.54, 1.807) is 0 Å². The summed E-state index contributed by atoms with van der Waals surface area (Å²) >= 11 is 3.63. The number of hydrogen-bond donors (Lipinski definition) is 0. The van der Waals surface area contributed by atoms with Crippen molar-refractivity contribution in [2.24, 2.45) is 0 Å². The molecule has 29 heavy (non-hydrogen) atoms. The van der Waals surface area contributed by atoms with Crippen LogP contribution in [0.4, 0.5) is 0 Å². The van der Waals surface area contributed by atoms with Crippen LogP contribution in [0.25, 0.3) is 38.6 Å². The maximum Gasteiger partial charge on any atom is 0.135 e. The van der Waals surface area contributed by atoms with Crippen LogP contribution in [0.2, 0.25) is 0 Å². The molecule has 0 saturated carbocycles. The van der Waals surface area contributed by atoms with Crippen LogP contribution < -0.4 is 0 Å². The Morgan fingerprint density at radius 1 is 0.690 bits per heavy atom. The molecule has 1 aliphatic carbocycles. The largest absolute Gasteiger partial charge is 0.456 e. The number of fused-ring (bicyclic) bond motifs is 6. The second kappa shape index (κ2) is 6.20. The third-order valence-corrected chi connectivity index (χ3v) is 6.47. The molecule has 4 aromatic carbocycles. The lowest BCUT2D eigenvalue weighted by atomic mass is 9.73. The standard InChI is InChI=1S/C27H17BrO/c1-16-19-12-11-18(28)15-23(19)20-6-2-3-8-22(20)27(16)17-10-13-26-24(14-17)21-7-4-5-9-25(21)29-26/h2-15,27H,1H2. The summed E-state index contributed by atoms with van der Waals surface area (Å²) in [5.74, 6) is 0.123. The van der Waals surface area contributed by atoms with Crippen molar-refractivity contribution in [3.63, 3.8) is 0 Å². The average Bonchev–Trinajstić information content (AvgIpc) is 3.12. The summed E-state index contributed by atoms with van der Waals surface area (Å²) in [6.45, 7) is 4.53. The van der Waals surface area contributed by atoms with Crippen molar-refractivity contribution in [3.8, 4) is 11.1 Å². The maximum absolute atomic E-state index is 6.03. The van der Waals surface area contributed by atoms with Crippen molar-refractivity contribution in [3.05, 3.63) is 113 Å². The minimum atomic E-state index is 0.123. The van der Waals surface area contributed by atoms with Gasteiger partial charge in [-0.05, 0) is 63.7 Å². The molecule has 138 valence electrons. The van der Waals surface area contributed by atoms with Crippen LogP contribution in [-0.2, 0) is 0 Å². The first-order valence-electron chi connectivity index (χ1n) is 9.70. The number of furan rings is 1. The fourth-order valence-electron chi connectivity index (χ4n) is 4.66. The van der Waals surface area contributed by atoms with Crippen LogP contribution in [0.5, 0.6) is 0 Å². The number of benzene rings is 4. The van der Waals surface area contributed by atoms with Crippen LogP contribution in [0.1, 0.15) is 22.6 Å². The predicted molar refractivity (Wildman–Crippen MR) is 124 cm³/mol. The highest BCUT2D eigenvalue weighted by molar-refractivity contribution is 9.10. The topological polar surface area (TPSA) is 13.1 Å². The SMILES string of the molecule is C=C1c2ccc(Br)cc2-c2ccccc2C1c1ccc2oc3ccccc3c2c1. The van der Waals surface area contributed by atoms with Crippen LogP contribution in [0.3, 0.4) is 0 Å². The van der Waals surface area contributed by atoms with Gasteiger partial charge in [-0.2, -0.15) is 0 Å². The van der Waals surface area contributed by atoms with Gasteiger partial charge in [0.1, 0.15) is 11.2 Å². The van der Waals surface area contributed by atoms with Crippen molar-refractivity contribution in [2.45, 2.75) is 5.92 Å². The lowest BCUT2D eigenvalue weighted by Crippen LogP contribution is -2.11. The molecule has 0 bridgehead atoms. The van der Waals surface area contributed by atoms with E-state index < -0.39 is 0 Å². The first kappa shape index (κ1) is 16.8. The van der Waals surface area contributed by atoms with Crippen LogP contribution >= 0.6 is 15.9 Å². The second-order valence-corrected chi connectivity index (χ2v) is 8.50. The highest BCUT2D eigenvalue weighted by Crippen LogP contribution is 2.49. The second-order valence-electron chi connectivity index (χ2n) is 7.59. The van der Waals surface area contributed by atoms with Gasteiger partial charge in [-0.25, -0.2) is 0 Å². The molecule has 0 spiro atoms. The van der Waals surface area contributed by atoms with Gasteiger partial charge in [0.25, 0.3) is 0 Å². The molecule has 0 N–H and O–H groups in total. The fourth-order valence-corrected chi connectivity index (χ4v) is 5.02. The highest BCUT2D eigenvalue weighted by Gasteiger charge is 2.29. The summed E-state index contributed by atoms with van der Waals surface area (Å²) in [5.41, 5.74) is 9.27. The van der Waals surface area contributed by atoms with E-state index in [1.807, 2.05) is 12.1 Å². The summed E-state index contributed by atoms with van der Waals surface area (Å²) in [6, 6.07) is 29.9. The Morgan fingerprint density at radius 3 is 2.41 bits per heavy atom. The number of allylic oxidation sites excluding steroid dienone is 1. The molecule has 1 atom stereocenters. The zero-order valence-electron chi connectivity index (χ0n) is 15.7. The lowest BCUT2D eigenvalue weighted by molar-refractivity contribution is 0.668. The molecule has 2 heteroatoms. The number of halogens is 1. The van der Waals surface area contributed by atoms with Gasteiger partial charge in [-0.3, -0.25) is 0 Å². The number of rotatable bonds is 1. The van der Waals surface area contributed by atoms with E-state index in [9.17, 15) is 0 Å². The van der Waals surface area contributed by atoms with E-state index in [1.165, 1.54) is 27.8 Å². The van der Waals surface area contributed by atoms with Gasteiger partial charge in [-0.1, -0.05) is 77.1 Å². The molecule has 0 saturated heterocycles. The molecule has 5 aromatic rings. The summed E-state index contributed by atoms with van der Waals surface area (Å²) in [5, 5.41) is 2.31. The molecule has 0 amide bonds. The quantitative estimate of drug-likeness (QED) is 0.258. The van der Waals surface area contributed by atoms with E-state index >= 15 is 0 Å². The molecule has 6 rings (SSSR count). The summed E-state index contributed by atoms with van der Waals surface area (Å²) in [6.07, 6.45) is 0. The maximum atomic E-state index is 6.03. The Morgan fingerprint density at radius 2 is 1.48 bits per heavy atom. The highest BCUT2D eigenvalue weighted by atomic mass is 79.9. The first-order valence-corrected chi connectivity index (χ1v) is 10.5. The molecule has 1 heterocycles. The van der Waals surface area contributed by atoms with Gasteiger partial charge in [0.05, 0.1) is 0 Å². The summed E-state index contributed by atoms with van der Waals surface area (Å²) in [4.78, 5) is 0. The van der Waals surface area contributed by atoms with Crippen molar-refractivity contribution in [1.82, 2.24) is 0 Å². The van der Waals surface area contributed by atoms with Gasteiger partial charge in [-0.15, -0.1) is 0 Å². The number of hydrogen-bond acceptors (Lipinski definition) is 1. The molecule has 0 fully saturated rings. The normalized spacial score (nSPS) is 15.5. The Hall–Kier alpha value is -3.10. The summed E-state index contributed by atoms with van der Waals surface area (Å²) < 4.78 is 7.12. The van der Waals surface area contributed by atoms with Gasteiger partial charge in [0.2, 0.25) is 0 Å². The Balaban J connectivity index is 1.61. The first-order chi connectivity index (χ1) is 14.2. The van der Waals surface area contributed by atoms with Crippen molar-refractivity contribution >= 4 is 43.4 Å². The van der Waals surface area contributed by atoms with Crippen molar-refractivity contribution < 1.29 is 4.42 Å². The zero-order chi connectivity index (χ0) is 19.5. The minimum absolute atomic E-state index is 0.123. The molecule has 0 aliphatic heterocycles. The zero-order valence-corrected chi connectivity index (χ0v) is 17.2. The summed E-state index contributed by atoms with van der Waals surface area (Å²) in [7, 11) is 0. The van der Waals surface area contributed by atoms with E-state index in [0.29, 0.717) is 0 Å². The molecule has 1 unspecified atom stereocenters. The molecule has 1 aromatic heterocycles. The van der Waals surface area contributed by atoms with E-state index in [0.717, 1.165) is 32.0 Å². The van der Waals surface area contributed by atoms with Gasteiger partial charge in [0.15, 0.2) is 0 Å². The Bertz CT molecular complexity index is 1440. The van der Waals surface area contributed by atoms with Crippen molar-refractivity contribution in [1.29, 1.82) is 0 Å². The Kier molecular flexibility index (Phi) is 3.60. The monoisotopic (exact) mass is 436 g/mol. The van der Waals surface area contributed by atoms with Gasteiger partial charge >= 0.3 is 0 Å². The van der Waals surface area contributed by atoms with E-state index in [-0.39, 0.29) is 5.92 Å².